The zero-order chi connectivity index (χ0) is 13.0. The zero-order valence-corrected chi connectivity index (χ0v) is 10.9. The minimum absolute atomic E-state index is 0.209. The Labute approximate surface area is 110 Å². The van der Waals surface area contributed by atoms with Gasteiger partial charge in [0.1, 0.15) is 0 Å². The number of nitrogens with zero attached hydrogens (tertiary/aromatic N) is 1. The molecule has 0 radical (unpaired) electrons. The van der Waals surface area contributed by atoms with Crippen LogP contribution in [0.2, 0.25) is 0 Å². The Bertz CT molecular complexity index is 572. The van der Waals surface area contributed by atoms with E-state index >= 15 is 0 Å². The molecule has 1 aromatic carbocycles. The quantitative estimate of drug-likeness (QED) is 0.677. The Hall–Kier alpha value is -1.75. The predicted molar refractivity (Wildman–Crippen MR) is 73.5 cm³/mol. The third kappa shape index (κ3) is 2.73. The van der Waals surface area contributed by atoms with Gasteiger partial charge in [0.25, 0.3) is 0 Å². The smallest absolute Gasteiger partial charge is 0.306 e. The average molecular weight is 262 g/mol. The van der Waals surface area contributed by atoms with Gasteiger partial charge in [0.2, 0.25) is 0 Å². The van der Waals surface area contributed by atoms with Crippen molar-refractivity contribution in [3.8, 4) is 0 Å². The second kappa shape index (κ2) is 5.73. The van der Waals surface area contributed by atoms with Crippen LogP contribution in [0.5, 0.6) is 0 Å². The molecular formula is C13H14N2O2S. The highest BCUT2D eigenvalue weighted by molar-refractivity contribution is 7.99. The molecule has 2 aromatic rings. The van der Waals surface area contributed by atoms with Crippen LogP contribution < -0.4 is 5.73 Å². The highest BCUT2D eigenvalue weighted by Crippen LogP contribution is 2.32. The molecule has 1 heterocycles. The van der Waals surface area contributed by atoms with Crippen LogP contribution in [0.25, 0.3) is 10.9 Å². The number of para-hydroxylation sites is 1. The number of carbonyl (C=O) groups is 1. The Morgan fingerprint density at radius 3 is 3.00 bits per heavy atom. The van der Waals surface area contributed by atoms with Crippen molar-refractivity contribution in [2.24, 2.45) is 0 Å². The number of pyridine rings is 1. The number of hydrogen-bond acceptors (Lipinski definition) is 5. The standard InChI is InChI=1S/C13H14N2O2S/c1-17-12(16)6-7-18-13-9-4-2-3-5-11(9)15-8-10(13)14/h2-5,8H,6-7,14H2,1H3. The lowest BCUT2D eigenvalue weighted by Gasteiger charge is -2.08. The van der Waals surface area contributed by atoms with Gasteiger partial charge in [-0.25, -0.2) is 0 Å². The summed E-state index contributed by atoms with van der Waals surface area (Å²) in [7, 11) is 1.39. The number of thioether (sulfide) groups is 1. The van der Waals surface area contributed by atoms with E-state index in [1.807, 2.05) is 24.3 Å². The van der Waals surface area contributed by atoms with Crippen LogP contribution in [-0.4, -0.2) is 23.8 Å². The first-order valence-electron chi connectivity index (χ1n) is 5.55. The summed E-state index contributed by atoms with van der Waals surface area (Å²) in [6.07, 6.45) is 2.03. The lowest BCUT2D eigenvalue weighted by atomic mass is 10.2. The van der Waals surface area contributed by atoms with E-state index in [2.05, 4.69) is 9.72 Å². The molecule has 0 bridgehead atoms. The van der Waals surface area contributed by atoms with Gasteiger partial charge < -0.3 is 10.5 Å². The van der Waals surface area contributed by atoms with Crippen molar-refractivity contribution in [3.63, 3.8) is 0 Å². The lowest BCUT2D eigenvalue weighted by molar-refractivity contribution is -0.140. The van der Waals surface area contributed by atoms with Crippen molar-refractivity contribution >= 4 is 34.3 Å². The van der Waals surface area contributed by atoms with E-state index < -0.39 is 0 Å². The molecule has 0 aliphatic rings. The third-order valence-electron chi connectivity index (χ3n) is 2.53. The number of anilines is 1. The van der Waals surface area contributed by atoms with Gasteiger partial charge in [-0.15, -0.1) is 11.8 Å². The van der Waals surface area contributed by atoms with Crippen molar-refractivity contribution < 1.29 is 9.53 Å². The van der Waals surface area contributed by atoms with Gasteiger partial charge in [-0.3, -0.25) is 9.78 Å². The van der Waals surface area contributed by atoms with Gasteiger partial charge in [0.05, 0.1) is 30.9 Å². The van der Waals surface area contributed by atoms with Gasteiger partial charge >= 0.3 is 5.97 Å². The van der Waals surface area contributed by atoms with Crippen molar-refractivity contribution in [1.29, 1.82) is 0 Å². The Kier molecular flexibility index (Phi) is 4.04. The van der Waals surface area contributed by atoms with Gasteiger partial charge in [0, 0.05) is 16.0 Å². The molecule has 2 N–H and O–H groups in total. The van der Waals surface area contributed by atoms with Crippen molar-refractivity contribution in [1.82, 2.24) is 4.98 Å². The van der Waals surface area contributed by atoms with E-state index in [1.165, 1.54) is 7.11 Å². The second-order valence-corrected chi connectivity index (χ2v) is 4.84. The van der Waals surface area contributed by atoms with Gasteiger partial charge in [-0.2, -0.15) is 0 Å². The van der Waals surface area contributed by atoms with Gasteiger partial charge in [-0.1, -0.05) is 18.2 Å². The van der Waals surface area contributed by atoms with E-state index in [0.717, 1.165) is 15.8 Å². The maximum Gasteiger partial charge on any atom is 0.306 e. The predicted octanol–water partition coefficient (Wildman–Crippen LogP) is 2.47. The minimum Gasteiger partial charge on any atom is -0.469 e. The summed E-state index contributed by atoms with van der Waals surface area (Å²) in [5.74, 6) is 0.435. The molecule has 0 spiro atoms. The van der Waals surface area contributed by atoms with Gasteiger partial charge in [0.15, 0.2) is 0 Å². The monoisotopic (exact) mass is 262 g/mol. The van der Waals surface area contributed by atoms with E-state index in [1.54, 1.807) is 18.0 Å². The molecule has 0 amide bonds. The Balaban J connectivity index is 2.21. The summed E-state index contributed by atoms with van der Waals surface area (Å²) >= 11 is 1.55. The number of aromatic nitrogens is 1. The maximum atomic E-state index is 11.1. The van der Waals surface area contributed by atoms with Crippen LogP contribution in [0.4, 0.5) is 5.69 Å². The first kappa shape index (κ1) is 12.7. The van der Waals surface area contributed by atoms with Crippen LogP contribution in [0.15, 0.2) is 35.4 Å². The number of hydrogen-bond donors (Lipinski definition) is 1. The molecule has 94 valence electrons. The number of fused-ring (bicyclic) bond motifs is 1. The number of nitrogens with two attached hydrogens (primary N) is 1. The molecule has 18 heavy (non-hydrogen) atoms. The van der Waals surface area contributed by atoms with Gasteiger partial charge in [-0.05, 0) is 6.07 Å². The number of benzene rings is 1. The summed E-state index contributed by atoms with van der Waals surface area (Å²) in [6, 6.07) is 7.82. The van der Waals surface area contributed by atoms with Crippen molar-refractivity contribution in [3.05, 3.63) is 30.5 Å². The molecule has 2 rings (SSSR count). The summed E-state index contributed by atoms with van der Waals surface area (Å²) in [5.41, 5.74) is 7.49. The molecule has 0 aliphatic heterocycles. The van der Waals surface area contributed by atoms with Crippen LogP contribution in [0.3, 0.4) is 0 Å². The van der Waals surface area contributed by atoms with Crippen molar-refractivity contribution in [2.75, 3.05) is 18.6 Å². The molecule has 0 atom stereocenters. The molecule has 0 fully saturated rings. The van der Waals surface area contributed by atoms with Crippen LogP contribution in [0, 0.1) is 0 Å². The lowest BCUT2D eigenvalue weighted by Crippen LogP contribution is -2.01. The number of carbonyl (C=O) groups excluding carboxylic acids is 1. The van der Waals surface area contributed by atoms with Crippen LogP contribution >= 0.6 is 11.8 Å². The Morgan fingerprint density at radius 1 is 1.44 bits per heavy atom. The number of nitrogen functional groups attached to an aromatic ring is 1. The molecule has 5 heteroatoms. The van der Waals surface area contributed by atoms with E-state index in [-0.39, 0.29) is 5.97 Å². The summed E-state index contributed by atoms with van der Waals surface area (Å²) in [6.45, 7) is 0. The fourth-order valence-corrected chi connectivity index (χ4v) is 2.65. The Morgan fingerprint density at radius 2 is 2.22 bits per heavy atom. The fraction of sp³-hybridized carbons (Fsp3) is 0.231. The first-order chi connectivity index (χ1) is 8.72. The number of rotatable bonds is 4. The highest BCUT2D eigenvalue weighted by atomic mass is 32.2. The largest absolute Gasteiger partial charge is 0.469 e. The molecule has 0 saturated heterocycles. The summed E-state index contributed by atoms with van der Waals surface area (Å²) < 4.78 is 4.61. The second-order valence-electron chi connectivity index (χ2n) is 3.73. The first-order valence-corrected chi connectivity index (χ1v) is 6.53. The topological polar surface area (TPSA) is 65.2 Å². The highest BCUT2D eigenvalue weighted by Gasteiger charge is 2.08. The maximum absolute atomic E-state index is 11.1. The molecule has 0 unspecified atom stereocenters. The molecular weight excluding hydrogens is 248 g/mol. The van der Waals surface area contributed by atoms with E-state index in [0.29, 0.717) is 17.9 Å². The fourth-order valence-electron chi connectivity index (χ4n) is 1.63. The molecule has 0 saturated carbocycles. The molecule has 4 nitrogen and oxygen atoms in total. The van der Waals surface area contributed by atoms with Crippen LogP contribution in [-0.2, 0) is 9.53 Å². The third-order valence-corrected chi connectivity index (χ3v) is 3.69. The SMILES string of the molecule is COC(=O)CCSc1c(N)cnc2ccccc12. The normalized spacial score (nSPS) is 10.5. The molecule has 0 aliphatic carbocycles. The molecule has 1 aromatic heterocycles. The zero-order valence-electron chi connectivity index (χ0n) is 10.1. The summed E-state index contributed by atoms with van der Waals surface area (Å²) in [5, 5.41) is 1.02. The van der Waals surface area contributed by atoms with Crippen molar-refractivity contribution in [2.45, 2.75) is 11.3 Å². The summed E-state index contributed by atoms with van der Waals surface area (Å²) in [4.78, 5) is 16.3. The minimum atomic E-state index is -0.209. The number of esters is 1. The van der Waals surface area contributed by atoms with E-state index in [4.69, 9.17) is 5.73 Å². The van der Waals surface area contributed by atoms with E-state index in [9.17, 15) is 4.79 Å². The number of ether oxygens (including phenoxy) is 1. The number of methoxy groups -OCH3 is 1. The average Bonchev–Trinajstić information content (AvgIpc) is 2.41. The van der Waals surface area contributed by atoms with Crippen LogP contribution in [0.1, 0.15) is 6.42 Å².